The highest BCUT2D eigenvalue weighted by atomic mass is 19.1. The summed E-state index contributed by atoms with van der Waals surface area (Å²) in [5, 5.41) is 3.13. The van der Waals surface area contributed by atoms with Crippen molar-refractivity contribution in [1.82, 2.24) is 19.8 Å². The zero-order valence-electron chi connectivity index (χ0n) is 22.3. The van der Waals surface area contributed by atoms with E-state index in [0.717, 1.165) is 23.8 Å². The summed E-state index contributed by atoms with van der Waals surface area (Å²) >= 11 is 0. The summed E-state index contributed by atoms with van der Waals surface area (Å²) in [6.07, 6.45) is 1.12. The lowest BCUT2D eigenvalue weighted by molar-refractivity contribution is -0.157. The third kappa shape index (κ3) is 5.04. The van der Waals surface area contributed by atoms with Crippen molar-refractivity contribution in [2.75, 3.05) is 33.4 Å². The summed E-state index contributed by atoms with van der Waals surface area (Å²) in [6, 6.07) is 12.1. The van der Waals surface area contributed by atoms with Crippen molar-refractivity contribution in [2.24, 2.45) is 11.8 Å². The summed E-state index contributed by atoms with van der Waals surface area (Å²) < 4.78 is 57.4. The first-order valence-electron chi connectivity index (χ1n) is 13.8. The van der Waals surface area contributed by atoms with Crippen LogP contribution in [0, 0.1) is 23.5 Å². The van der Waals surface area contributed by atoms with Crippen molar-refractivity contribution in [3.63, 3.8) is 0 Å². The van der Waals surface area contributed by atoms with Gasteiger partial charge < -0.3 is 24.3 Å². The van der Waals surface area contributed by atoms with Crippen LogP contribution in [0.1, 0.15) is 30.3 Å². The number of hydrogen-bond donors (Lipinski definition) is 1. The minimum atomic E-state index is -1.12. The van der Waals surface area contributed by atoms with Gasteiger partial charge >= 0.3 is 0 Å². The Morgan fingerprint density at radius 1 is 1.15 bits per heavy atom. The molecule has 3 aromatic rings. The van der Waals surface area contributed by atoms with Gasteiger partial charge in [-0.15, -0.1) is 0 Å². The van der Waals surface area contributed by atoms with E-state index in [1.165, 1.54) is 7.11 Å². The molecule has 3 fully saturated rings. The molecule has 1 amide bonds. The molecule has 10 heteroatoms. The number of benzene rings is 2. The summed E-state index contributed by atoms with van der Waals surface area (Å²) in [5.41, 5.74) is 1.31. The standard InChI is InChI=1S/C30H33F3N4O3/c1-39-28-26-22(24(33)14-34-26)16-37(30(28)38)27(19-9-11-40-12-10-19)29-35-25(21-13-20(31)7-8-23(21)32)17-36(29)15-18-5-3-2-4-6-18/h2-8,13,17,19,22,24,26-28,34H,9-12,14-16H2,1H3/t22-,24-,26?,27+,28-/m0/s1. The Morgan fingerprint density at radius 3 is 2.67 bits per heavy atom. The number of aromatic nitrogens is 2. The largest absolute Gasteiger partial charge is 0.381 e. The number of carbonyl (C=O) groups is 1. The first-order valence-corrected chi connectivity index (χ1v) is 13.8. The number of nitrogens with zero attached hydrogens (tertiary/aromatic N) is 3. The second-order valence-electron chi connectivity index (χ2n) is 10.9. The van der Waals surface area contributed by atoms with E-state index in [1.807, 2.05) is 34.9 Å². The average Bonchev–Trinajstić information content (AvgIpc) is 3.55. The molecule has 5 atom stereocenters. The zero-order valence-corrected chi connectivity index (χ0v) is 22.3. The monoisotopic (exact) mass is 554 g/mol. The number of likely N-dealkylation sites (tertiary alicyclic amines) is 1. The lowest BCUT2D eigenvalue weighted by Crippen LogP contribution is -2.61. The highest BCUT2D eigenvalue weighted by Crippen LogP contribution is 2.41. The average molecular weight is 555 g/mol. The van der Waals surface area contributed by atoms with Crippen LogP contribution >= 0.6 is 0 Å². The number of nitrogens with one attached hydrogen (secondary N) is 1. The van der Waals surface area contributed by atoms with E-state index in [2.05, 4.69) is 5.32 Å². The Morgan fingerprint density at radius 2 is 1.93 bits per heavy atom. The van der Waals surface area contributed by atoms with Crippen LogP contribution in [0.25, 0.3) is 11.3 Å². The SMILES string of the molecule is CO[C@@H]1C(=O)N([C@@H](c2nc(-c3cc(F)ccc3F)cn2Cc2ccccc2)C2CCOCC2)C[C@@H]2C1NC[C@@H]2F. The van der Waals surface area contributed by atoms with Gasteiger partial charge in [-0.05, 0) is 42.5 Å². The number of fused-ring (bicyclic) bond motifs is 1. The van der Waals surface area contributed by atoms with Crippen LogP contribution in [0.15, 0.2) is 54.7 Å². The molecule has 3 saturated heterocycles. The predicted molar refractivity (Wildman–Crippen MR) is 142 cm³/mol. The molecule has 0 aliphatic carbocycles. The third-order valence-corrected chi connectivity index (χ3v) is 8.51. The maximum absolute atomic E-state index is 15.1. The van der Waals surface area contributed by atoms with Crippen molar-refractivity contribution < 1.29 is 27.4 Å². The van der Waals surface area contributed by atoms with Gasteiger partial charge in [0.15, 0.2) is 6.10 Å². The van der Waals surface area contributed by atoms with E-state index in [-0.39, 0.29) is 36.2 Å². The van der Waals surface area contributed by atoms with E-state index < -0.39 is 41.9 Å². The number of halogens is 3. The number of rotatable bonds is 7. The highest BCUT2D eigenvalue weighted by molar-refractivity contribution is 5.83. The van der Waals surface area contributed by atoms with Crippen LogP contribution in [0.2, 0.25) is 0 Å². The molecule has 0 saturated carbocycles. The van der Waals surface area contributed by atoms with Crippen molar-refractivity contribution in [3.05, 3.63) is 77.8 Å². The van der Waals surface area contributed by atoms with Gasteiger partial charge in [0.05, 0.1) is 11.7 Å². The second-order valence-corrected chi connectivity index (χ2v) is 10.9. The van der Waals surface area contributed by atoms with Crippen molar-refractivity contribution >= 4 is 5.91 Å². The number of ether oxygens (including phenoxy) is 2. The van der Waals surface area contributed by atoms with E-state index in [1.54, 1.807) is 11.1 Å². The molecule has 6 rings (SSSR count). The zero-order chi connectivity index (χ0) is 27.8. The number of methoxy groups -OCH3 is 1. The summed E-state index contributed by atoms with van der Waals surface area (Å²) in [7, 11) is 1.47. The normalized spacial score (nSPS) is 26.2. The van der Waals surface area contributed by atoms with Gasteiger partial charge in [0, 0.05) is 63.7 Å². The predicted octanol–water partition coefficient (Wildman–Crippen LogP) is 4.13. The fourth-order valence-corrected chi connectivity index (χ4v) is 6.50. The molecule has 4 heterocycles. The molecular weight excluding hydrogens is 521 g/mol. The van der Waals surface area contributed by atoms with Crippen LogP contribution < -0.4 is 5.32 Å². The molecule has 1 N–H and O–H groups in total. The molecule has 0 radical (unpaired) electrons. The van der Waals surface area contributed by atoms with Gasteiger partial charge in [-0.3, -0.25) is 4.79 Å². The fraction of sp³-hybridized carbons (Fsp3) is 0.467. The third-order valence-electron chi connectivity index (χ3n) is 8.51. The number of hydrogen-bond acceptors (Lipinski definition) is 5. The minimum absolute atomic E-state index is 0.0266. The molecular formula is C30H33F3N4O3. The lowest BCUT2D eigenvalue weighted by atomic mass is 9.84. The van der Waals surface area contributed by atoms with Crippen molar-refractivity contribution in [2.45, 2.75) is 43.7 Å². The maximum Gasteiger partial charge on any atom is 0.253 e. The molecule has 1 unspecified atom stereocenters. The van der Waals surface area contributed by atoms with Crippen LogP contribution in [0.5, 0.6) is 0 Å². The Labute approximate surface area is 231 Å². The summed E-state index contributed by atoms with van der Waals surface area (Å²) in [5.74, 6) is -1.29. The first kappa shape index (κ1) is 27.0. The van der Waals surface area contributed by atoms with Crippen LogP contribution in [0.3, 0.4) is 0 Å². The van der Waals surface area contributed by atoms with Crippen molar-refractivity contribution in [3.8, 4) is 11.3 Å². The molecule has 7 nitrogen and oxygen atoms in total. The van der Waals surface area contributed by atoms with Crippen LogP contribution in [0.4, 0.5) is 13.2 Å². The second kappa shape index (κ2) is 11.3. The minimum Gasteiger partial charge on any atom is -0.381 e. The molecule has 3 aliphatic heterocycles. The highest BCUT2D eigenvalue weighted by Gasteiger charge is 2.52. The summed E-state index contributed by atoms with van der Waals surface area (Å²) in [4.78, 5) is 20.6. The Balaban J connectivity index is 1.48. The smallest absolute Gasteiger partial charge is 0.253 e. The molecule has 212 valence electrons. The number of carbonyl (C=O) groups excluding carboxylic acids is 1. The lowest BCUT2D eigenvalue weighted by Gasteiger charge is -2.46. The topological polar surface area (TPSA) is 68.6 Å². The molecule has 0 spiro atoms. The Hall–Kier alpha value is -3.21. The molecule has 3 aliphatic rings. The van der Waals surface area contributed by atoms with Crippen molar-refractivity contribution in [1.29, 1.82) is 0 Å². The van der Waals surface area contributed by atoms with Gasteiger partial charge in [-0.25, -0.2) is 18.2 Å². The fourth-order valence-electron chi connectivity index (χ4n) is 6.50. The van der Waals surface area contributed by atoms with E-state index >= 15 is 4.39 Å². The molecule has 0 bridgehead atoms. The quantitative estimate of drug-likeness (QED) is 0.476. The molecule has 2 aromatic carbocycles. The van der Waals surface area contributed by atoms with Gasteiger partial charge in [-0.2, -0.15) is 0 Å². The number of piperidine rings is 1. The maximum atomic E-state index is 15.1. The Bertz CT molecular complexity index is 1350. The number of amides is 1. The number of imidazole rings is 1. The number of alkyl halides is 1. The van der Waals surface area contributed by atoms with Gasteiger partial charge in [-0.1, -0.05) is 30.3 Å². The summed E-state index contributed by atoms with van der Waals surface area (Å²) in [6.45, 7) is 1.85. The van der Waals surface area contributed by atoms with Gasteiger partial charge in [0.1, 0.15) is 23.6 Å². The first-order chi connectivity index (χ1) is 19.4. The van der Waals surface area contributed by atoms with Crippen LogP contribution in [-0.4, -0.2) is 72.1 Å². The van der Waals surface area contributed by atoms with Crippen LogP contribution in [-0.2, 0) is 20.8 Å². The van der Waals surface area contributed by atoms with E-state index in [9.17, 15) is 13.6 Å². The van der Waals surface area contributed by atoms with E-state index in [0.29, 0.717) is 38.4 Å². The van der Waals surface area contributed by atoms with Gasteiger partial charge in [0.25, 0.3) is 5.91 Å². The molecule has 1 aromatic heterocycles. The van der Waals surface area contributed by atoms with E-state index in [4.69, 9.17) is 14.5 Å². The van der Waals surface area contributed by atoms with Gasteiger partial charge in [0.2, 0.25) is 0 Å². The molecule has 40 heavy (non-hydrogen) atoms. The Kier molecular flexibility index (Phi) is 7.65.